The summed E-state index contributed by atoms with van der Waals surface area (Å²) in [5, 5.41) is 0. The monoisotopic (exact) mass is 346 g/mol. The number of rotatable bonds is 4. The van der Waals surface area contributed by atoms with Gasteiger partial charge in [0.05, 0.1) is 0 Å². The Hall–Kier alpha value is -2.33. The molecule has 1 saturated carbocycles. The summed E-state index contributed by atoms with van der Waals surface area (Å²) in [5.41, 5.74) is 3.81. The van der Waals surface area contributed by atoms with Crippen molar-refractivity contribution < 1.29 is 4.39 Å². The number of allylic oxidation sites excluding steroid dienone is 2. The van der Waals surface area contributed by atoms with Crippen LogP contribution in [0.15, 0.2) is 60.7 Å². The summed E-state index contributed by atoms with van der Waals surface area (Å²) in [6.07, 6.45) is 11.6. The number of halogens is 1. The molecule has 2 aromatic rings. The van der Waals surface area contributed by atoms with E-state index in [1.807, 2.05) is 6.08 Å². The molecule has 26 heavy (non-hydrogen) atoms. The molecule has 1 heteroatoms. The lowest BCUT2D eigenvalue weighted by Crippen LogP contribution is -2.11. The zero-order valence-corrected chi connectivity index (χ0v) is 15.5. The molecule has 0 N–H and O–H groups in total. The van der Waals surface area contributed by atoms with Gasteiger partial charge in [-0.15, -0.1) is 0 Å². The first kappa shape index (κ1) is 18.5. The lowest BCUT2D eigenvalue weighted by Gasteiger charge is -2.27. The molecular weight excluding hydrogens is 319 g/mol. The predicted molar refractivity (Wildman–Crippen MR) is 108 cm³/mol. The first-order chi connectivity index (χ1) is 12.7. The third-order valence-corrected chi connectivity index (χ3v) is 5.27. The lowest BCUT2D eigenvalue weighted by molar-refractivity contribution is 0.376. The van der Waals surface area contributed by atoms with Crippen molar-refractivity contribution in [3.8, 4) is 11.8 Å². The molecule has 0 radical (unpaired) electrons. The summed E-state index contributed by atoms with van der Waals surface area (Å²) in [5.74, 6) is 7.26. The van der Waals surface area contributed by atoms with Crippen LogP contribution in [-0.2, 0) is 6.42 Å². The van der Waals surface area contributed by atoms with Crippen LogP contribution in [0.5, 0.6) is 0 Å². The predicted octanol–water partition coefficient (Wildman–Crippen LogP) is 6.66. The van der Waals surface area contributed by atoms with E-state index in [4.69, 9.17) is 0 Å². The van der Waals surface area contributed by atoms with E-state index in [-0.39, 0.29) is 5.82 Å². The average Bonchev–Trinajstić information content (AvgIpc) is 2.68. The standard InChI is InChI=1S/C25H27F/c1-2-5-20-8-14-23(15-9-20)24-16-10-21(11-17-24)6-3-4-7-22-12-18-25(26)19-13-22/h3,6,8-9,12-15,18-19,21,24H,2,5,10-11,16-17H2,1H3/t21-,24-. The molecule has 0 aromatic heterocycles. The van der Waals surface area contributed by atoms with Crippen LogP contribution in [0.1, 0.15) is 61.6 Å². The first-order valence-corrected chi connectivity index (χ1v) is 9.77. The molecule has 1 aliphatic carbocycles. The number of benzene rings is 2. The highest BCUT2D eigenvalue weighted by atomic mass is 19.1. The summed E-state index contributed by atoms with van der Waals surface area (Å²) in [6, 6.07) is 15.6. The minimum atomic E-state index is -0.220. The molecule has 0 bridgehead atoms. The molecular formula is C25H27F. The minimum Gasteiger partial charge on any atom is -0.207 e. The van der Waals surface area contributed by atoms with Gasteiger partial charge in [0, 0.05) is 5.56 Å². The summed E-state index contributed by atoms with van der Waals surface area (Å²) < 4.78 is 12.9. The highest BCUT2D eigenvalue weighted by molar-refractivity contribution is 5.37. The zero-order valence-electron chi connectivity index (χ0n) is 15.5. The van der Waals surface area contributed by atoms with Crippen LogP contribution in [0.2, 0.25) is 0 Å². The highest BCUT2D eigenvalue weighted by Crippen LogP contribution is 2.36. The van der Waals surface area contributed by atoms with Crippen molar-refractivity contribution in [3.05, 3.63) is 83.2 Å². The van der Waals surface area contributed by atoms with Crippen LogP contribution in [-0.4, -0.2) is 0 Å². The van der Waals surface area contributed by atoms with Gasteiger partial charge in [-0.2, -0.15) is 0 Å². The van der Waals surface area contributed by atoms with Gasteiger partial charge in [0.15, 0.2) is 0 Å². The Bertz CT molecular complexity index is 764. The maximum Gasteiger partial charge on any atom is 0.123 e. The fourth-order valence-electron chi connectivity index (χ4n) is 3.73. The molecule has 134 valence electrons. The summed E-state index contributed by atoms with van der Waals surface area (Å²) in [4.78, 5) is 0. The van der Waals surface area contributed by atoms with E-state index in [2.05, 4.69) is 49.1 Å². The van der Waals surface area contributed by atoms with Crippen LogP contribution in [0.4, 0.5) is 4.39 Å². The summed E-state index contributed by atoms with van der Waals surface area (Å²) in [7, 11) is 0. The van der Waals surface area contributed by atoms with Gasteiger partial charge in [0.25, 0.3) is 0 Å². The number of aryl methyl sites for hydroxylation is 1. The van der Waals surface area contributed by atoms with E-state index in [9.17, 15) is 4.39 Å². The molecule has 0 atom stereocenters. The molecule has 0 nitrogen and oxygen atoms in total. The highest BCUT2D eigenvalue weighted by Gasteiger charge is 2.20. The van der Waals surface area contributed by atoms with Gasteiger partial charge in [0.2, 0.25) is 0 Å². The SMILES string of the molecule is CCCc1ccc([C@H]2CC[C@H](C=CC#Cc3ccc(F)cc3)CC2)cc1. The second-order valence-electron chi connectivity index (χ2n) is 7.24. The Morgan fingerprint density at radius 2 is 1.65 bits per heavy atom. The van der Waals surface area contributed by atoms with E-state index >= 15 is 0 Å². The van der Waals surface area contributed by atoms with Crippen molar-refractivity contribution in [2.45, 2.75) is 51.4 Å². The van der Waals surface area contributed by atoms with Crippen LogP contribution >= 0.6 is 0 Å². The second kappa shape index (κ2) is 9.39. The van der Waals surface area contributed by atoms with Crippen LogP contribution in [0.3, 0.4) is 0 Å². The first-order valence-electron chi connectivity index (χ1n) is 9.77. The van der Waals surface area contributed by atoms with Gasteiger partial charge < -0.3 is 0 Å². The molecule has 0 heterocycles. The van der Waals surface area contributed by atoms with E-state index in [0.717, 1.165) is 5.56 Å². The second-order valence-corrected chi connectivity index (χ2v) is 7.24. The van der Waals surface area contributed by atoms with E-state index in [0.29, 0.717) is 11.8 Å². The molecule has 3 rings (SSSR count). The third kappa shape index (κ3) is 5.33. The lowest BCUT2D eigenvalue weighted by atomic mass is 9.78. The smallest absolute Gasteiger partial charge is 0.123 e. The van der Waals surface area contributed by atoms with Gasteiger partial charge in [-0.25, -0.2) is 4.39 Å². The fourth-order valence-corrected chi connectivity index (χ4v) is 3.73. The normalized spacial score (nSPS) is 19.9. The number of hydrogen-bond donors (Lipinski definition) is 0. The van der Waals surface area contributed by atoms with E-state index in [1.165, 1.54) is 61.8 Å². The van der Waals surface area contributed by atoms with Gasteiger partial charge in [-0.05, 0) is 85.4 Å². The van der Waals surface area contributed by atoms with Gasteiger partial charge in [-0.1, -0.05) is 55.5 Å². The van der Waals surface area contributed by atoms with Crippen LogP contribution in [0.25, 0.3) is 0 Å². The molecule has 0 saturated heterocycles. The Morgan fingerprint density at radius 3 is 2.31 bits per heavy atom. The topological polar surface area (TPSA) is 0 Å². The maximum absolute atomic E-state index is 12.9. The van der Waals surface area contributed by atoms with Crippen molar-refractivity contribution in [1.82, 2.24) is 0 Å². The maximum atomic E-state index is 12.9. The van der Waals surface area contributed by atoms with Gasteiger partial charge in [-0.3, -0.25) is 0 Å². The molecule has 2 aromatic carbocycles. The Morgan fingerprint density at radius 1 is 0.962 bits per heavy atom. The molecule has 1 fully saturated rings. The Balaban J connectivity index is 1.48. The van der Waals surface area contributed by atoms with Crippen molar-refractivity contribution >= 4 is 0 Å². The van der Waals surface area contributed by atoms with Crippen LogP contribution < -0.4 is 0 Å². The molecule has 0 amide bonds. The summed E-state index contributed by atoms with van der Waals surface area (Å²) in [6.45, 7) is 2.23. The van der Waals surface area contributed by atoms with Crippen LogP contribution in [0, 0.1) is 23.6 Å². The summed E-state index contributed by atoms with van der Waals surface area (Å²) >= 11 is 0. The van der Waals surface area contributed by atoms with Gasteiger partial charge in [0.1, 0.15) is 5.82 Å². The molecule has 1 aliphatic rings. The van der Waals surface area contributed by atoms with Crippen molar-refractivity contribution in [2.24, 2.45) is 5.92 Å². The van der Waals surface area contributed by atoms with Gasteiger partial charge >= 0.3 is 0 Å². The number of hydrogen-bond acceptors (Lipinski definition) is 0. The van der Waals surface area contributed by atoms with E-state index in [1.54, 1.807) is 12.1 Å². The Kier molecular flexibility index (Phi) is 6.67. The molecule has 0 unspecified atom stereocenters. The van der Waals surface area contributed by atoms with Crippen molar-refractivity contribution in [1.29, 1.82) is 0 Å². The van der Waals surface area contributed by atoms with E-state index < -0.39 is 0 Å². The largest absolute Gasteiger partial charge is 0.207 e. The zero-order chi connectivity index (χ0) is 18.2. The average molecular weight is 346 g/mol. The fraction of sp³-hybridized carbons (Fsp3) is 0.360. The molecule has 0 aliphatic heterocycles. The Labute approximate surface area is 157 Å². The minimum absolute atomic E-state index is 0.220. The van der Waals surface area contributed by atoms with Crippen molar-refractivity contribution in [2.75, 3.05) is 0 Å². The third-order valence-electron chi connectivity index (χ3n) is 5.27. The molecule has 0 spiro atoms. The quantitative estimate of drug-likeness (QED) is 0.543. The van der Waals surface area contributed by atoms with Crippen molar-refractivity contribution in [3.63, 3.8) is 0 Å².